The van der Waals surface area contributed by atoms with E-state index in [1.165, 1.54) is 44.9 Å². The number of hydrogen-bond acceptors (Lipinski definition) is 2. The number of rotatable bonds is 2. The Morgan fingerprint density at radius 3 is 2.18 bits per heavy atom. The summed E-state index contributed by atoms with van der Waals surface area (Å²) in [6, 6.07) is 0.847. The van der Waals surface area contributed by atoms with Gasteiger partial charge in [-0.2, -0.15) is 0 Å². The molecule has 3 nitrogen and oxygen atoms in total. The number of nitrogens with zero attached hydrogens (tertiary/aromatic N) is 1. The van der Waals surface area contributed by atoms with Crippen molar-refractivity contribution in [3.8, 4) is 0 Å². The lowest BCUT2D eigenvalue weighted by atomic mass is 9.65. The highest BCUT2D eigenvalue weighted by Gasteiger charge is 2.42. The molecule has 3 rings (SSSR count). The first-order valence-electron chi connectivity index (χ1n) is 9.08. The molecule has 3 saturated carbocycles. The van der Waals surface area contributed by atoms with Crippen molar-refractivity contribution in [3.63, 3.8) is 0 Å². The zero-order valence-corrected chi connectivity index (χ0v) is 15.0. The van der Waals surface area contributed by atoms with Gasteiger partial charge in [0.2, 0.25) is 5.91 Å². The van der Waals surface area contributed by atoms with E-state index >= 15 is 0 Å². The second kappa shape index (κ2) is 7.53. The lowest BCUT2D eigenvalue weighted by molar-refractivity contribution is -0.140. The topological polar surface area (TPSA) is 46.3 Å². The van der Waals surface area contributed by atoms with Crippen LogP contribution in [-0.4, -0.2) is 29.9 Å². The van der Waals surface area contributed by atoms with E-state index in [2.05, 4.69) is 18.9 Å². The van der Waals surface area contributed by atoms with Gasteiger partial charge in [0.15, 0.2) is 0 Å². The molecule has 2 bridgehead atoms. The molecule has 22 heavy (non-hydrogen) atoms. The fraction of sp³-hybridized carbons (Fsp3) is 0.944. The van der Waals surface area contributed by atoms with Crippen LogP contribution in [0.1, 0.15) is 64.7 Å². The summed E-state index contributed by atoms with van der Waals surface area (Å²) in [7, 11) is 2.05. The van der Waals surface area contributed by atoms with E-state index in [4.69, 9.17) is 5.73 Å². The average molecular weight is 329 g/mol. The molecule has 3 aliphatic rings. The second-order valence-corrected chi connectivity index (χ2v) is 8.07. The third kappa shape index (κ3) is 3.62. The van der Waals surface area contributed by atoms with Gasteiger partial charge in [-0.1, -0.05) is 26.2 Å². The molecule has 3 fully saturated rings. The molecular formula is C18H33ClN2O. The molecule has 1 amide bonds. The van der Waals surface area contributed by atoms with Crippen LogP contribution in [0.3, 0.4) is 0 Å². The highest BCUT2D eigenvalue weighted by Crippen LogP contribution is 2.42. The van der Waals surface area contributed by atoms with E-state index < -0.39 is 0 Å². The molecule has 4 unspecified atom stereocenters. The summed E-state index contributed by atoms with van der Waals surface area (Å²) in [5.41, 5.74) is 6.36. The van der Waals surface area contributed by atoms with Gasteiger partial charge >= 0.3 is 0 Å². The Morgan fingerprint density at radius 2 is 1.59 bits per heavy atom. The van der Waals surface area contributed by atoms with E-state index in [0.717, 1.165) is 18.8 Å². The minimum absolute atomic E-state index is 0. The molecule has 0 radical (unpaired) electrons. The maximum absolute atomic E-state index is 12.9. The quantitative estimate of drug-likeness (QED) is 0.841. The van der Waals surface area contributed by atoms with Gasteiger partial charge in [-0.15, -0.1) is 12.4 Å². The van der Waals surface area contributed by atoms with Crippen molar-refractivity contribution < 1.29 is 4.79 Å². The van der Waals surface area contributed by atoms with Crippen molar-refractivity contribution >= 4 is 18.3 Å². The van der Waals surface area contributed by atoms with Crippen LogP contribution in [0.4, 0.5) is 0 Å². The molecule has 0 aliphatic heterocycles. The highest BCUT2D eigenvalue weighted by molar-refractivity contribution is 5.85. The Balaban J connectivity index is 0.00000176. The standard InChI is InChI=1S/C18H32N2O.ClH/c1-12-5-3-8-16(9-12)20(2)18(21)15-10-13-6-4-7-14(11-15)17(13)19;/h12-17H,3-11,19H2,1-2H3;1H. The Labute approximate surface area is 141 Å². The summed E-state index contributed by atoms with van der Waals surface area (Å²) in [5.74, 6) is 2.65. The van der Waals surface area contributed by atoms with Crippen LogP contribution in [0.2, 0.25) is 0 Å². The van der Waals surface area contributed by atoms with E-state index in [1.807, 2.05) is 0 Å². The third-order valence-electron chi connectivity index (χ3n) is 6.57. The van der Waals surface area contributed by atoms with Gasteiger partial charge in [0.1, 0.15) is 0 Å². The minimum Gasteiger partial charge on any atom is -0.343 e. The largest absolute Gasteiger partial charge is 0.343 e. The Hall–Kier alpha value is -0.280. The van der Waals surface area contributed by atoms with Crippen molar-refractivity contribution in [2.24, 2.45) is 29.4 Å². The maximum atomic E-state index is 12.9. The van der Waals surface area contributed by atoms with Crippen LogP contribution in [0, 0.1) is 23.7 Å². The van der Waals surface area contributed by atoms with Crippen LogP contribution in [0.5, 0.6) is 0 Å². The van der Waals surface area contributed by atoms with Gasteiger partial charge in [0.05, 0.1) is 0 Å². The number of nitrogens with two attached hydrogens (primary N) is 1. The zero-order valence-electron chi connectivity index (χ0n) is 14.2. The SMILES string of the molecule is CC1CCCC(N(C)C(=O)C2CC3CCCC(C2)C3N)C1.Cl. The lowest BCUT2D eigenvalue weighted by Gasteiger charge is -2.45. The van der Waals surface area contributed by atoms with E-state index in [9.17, 15) is 4.79 Å². The number of carbonyl (C=O) groups excluding carboxylic acids is 1. The van der Waals surface area contributed by atoms with E-state index in [0.29, 0.717) is 29.8 Å². The summed E-state index contributed by atoms with van der Waals surface area (Å²) in [4.78, 5) is 15.0. The van der Waals surface area contributed by atoms with Crippen LogP contribution >= 0.6 is 12.4 Å². The maximum Gasteiger partial charge on any atom is 0.225 e. The van der Waals surface area contributed by atoms with Crippen molar-refractivity contribution in [1.82, 2.24) is 4.90 Å². The van der Waals surface area contributed by atoms with Crippen LogP contribution in [-0.2, 0) is 4.79 Å². The van der Waals surface area contributed by atoms with Crippen molar-refractivity contribution in [2.75, 3.05) is 7.05 Å². The monoisotopic (exact) mass is 328 g/mol. The summed E-state index contributed by atoms with van der Waals surface area (Å²) < 4.78 is 0. The number of halogens is 1. The molecule has 2 N–H and O–H groups in total. The Kier molecular flexibility index (Phi) is 6.18. The fourth-order valence-electron chi connectivity index (χ4n) is 5.21. The van der Waals surface area contributed by atoms with Gasteiger partial charge in [0, 0.05) is 25.0 Å². The first-order valence-corrected chi connectivity index (χ1v) is 9.08. The van der Waals surface area contributed by atoms with Crippen LogP contribution < -0.4 is 5.73 Å². The fourth-order valence-corrected chi connectivity index (χ4v) is 5.21. The zero-order chi connectivity index (χ0) is 15.0. The number of hydrogen-bond donors (Lipinski definition) is 1. The first-order chi connectivity index (χ1) is 10.1. The molecule has 4 atom stereocenters. The van der Waals surface area contributed by atoms with Crippen LogP contribution in [0.15, 0.2) is 0 Å². The molecule has 0 saturated heterocycles. The Bertz CT molecular complexity index is 375. The molecule has 4 heteroatoms. The molecule has 0 aromatic heterocycles. The molecule has 128 valence electrons. The lowest BCUT2D eigenvalue weighted by Crippen LogP contribution is -2.51. The smallest absolute Gasteiger partial charge is 0.225 e. The van der Waals surface area contributed by atoms with Gasteiger partial charge in [-0.05, 0) is 56.3 Å². The molecular weight excluding hydrogens is 296 g/mol. The molecule has 0 spiro atoms. The summed E-state index contributed by atoms with van der Waals surface area (Å²) in [6.07, 6.45) is 10.9. The minimum atomic E-state index is 0. The van der Waals surface area contributed by atoms with Crippen molar-refractivity contribution in [2.45, 2.75) is 76.8 Å². The Morgan fingerprint density at radius 1 is 1.00 bits per heavy atom. The van der Waals surface area contributed by atoms with Crippen LogP contribution in [0.25, 0.3) is 0 Å². The molecule has 0 heterocycles. The van der Waals surface area contributed by atoms with Crippen molar-refractivity contribution in [3.05, 3.63) is 0 Å². The molecule has 0 aromatic carbocycles. The predicted molar refractivity (Wildman–Crippen MR) is 93.0 cm³/mol. The highest BCUT2D eigenvalue weighted by atomic mass is 35.5. The predicted octanol–water partition coefficient (Wildman–Crippen LogP) is 3.60. The van der Waals surface area contributed by atoms with Crippen molar-refractivity contribution in [1.29, 1.82) is 0 Å². The summed E-state index contributed by atoms with van der Waals surface area (Å²) in [6.45, 7) is 2.33. The first kappa shape index (κ1) is 18.1. The summed E-state index contributed by atoms with van der Waals surface area (Å²) in [5, 5.41) is 0. The second-order valence-electron chi connectivity index (χ2n) is 8.07. The normalized spacial score (nSPS) is 41.4. The van der Waals surface area contributed by atoms with Gasteiger partial charge in [-0.3, -0.25) is 4.79 Å². The van der Waals surface area contributed by atoms with E-state index in [1.54, 1.807) is 0 Å². The van der Waals surface area contributed by atoms with Gasteiger partial charge in [0.25, 0.3) is 0 Å². The molecule has 3 aliphatic carbocycles. The number of amides is 1. The number of fused-ring (bicyclic) bond motifs is 2. The van der Waals surface area contributed by atoms with E-state index in [-0.39, 0.29) is 18.3 Å². The van der Waals surface area contributed by atoms with Gasteiger partial charge in [-0.25, -0.2) is 0 Å². The third-order valence-corrected chi connectivity index (χ3v) is 6.57. The number of carbonyl (C=O) groups is 1. The summed E-state index contributed by atoms with van der Waals surface area (Å²) >= 11 is 0. The average Bonchev–Trinajstić information content (AvgIpc) is 2.45. The molecule has 0 aromatic rings. The van der Waals surface area contributed by atoms with Gasteiger partial charge < -0.3 is 10.6 Å².